The summed E-state index contributed by atoms with van der Waals surface area (Å²) in [5.41, 5.74) is 0.577. The molecule has 0 saturated heterocycles. The zero-order chi connectivity index (χ0) is 16.3. The SMILES string of the molecule is CCOC(=O)C1=CC(C2CCC(C)CC2)=NS(=O)(=O)N1CC. The minimum atomic E-state index is -3.85. The Hall–Kier alpha value is -1.37. The van der Waals surface area contributed by atoms with E-state index in [4.69, 9.17) is 4.74 Å². The number of rotatable bonds is 4. The maximum Gasteiger partial charge on any atom is 0.355 e. The summed E-state index contributed by atoms with van der Waals surface area (Å²) in [5, 5.41) is 0. The van der Waals surface area contributed by atoms with Crippen molar-refractivity contribution in [2.45, 2.75) is 46.5 Å². The van der Waals surface area contributed by atoms with E-state index in [1.165, 1.54) is 0 Å². The molecule has 0 spiro atoms. The van der Waals surface area contributed by atoms with Crippen LogP contribution in [0.2, 0.25) is 0 Å². The Balaban J connectivity index is 2.33. The van der Waals surface area contributed by atoms with Gasteiger partial charge < -0.3 is 4.74 Å². The lowest BCUT2D eigenvalue weighted by atomic mass is 9.80. The molecule has 2 aliphatic rings. The largest absolute Gasteiger partial charge is 0.461 e. The van der Waals surface area contributed by atoms with Gasteiger partial charge >= 0.3 is 16.2 Å². The molecule has 0 atom stereocenters. The minimum absolute atomic E-state index is 0.0768. The first kappa shape index (κ1) is 17.0. The van der Waals surface area contributed by atoms with Crippen LogP contribution < -0.4 is 0 Å². The summed E-state index contributed by atoms with van der Waals surface area (Å²) in [4.78, 5) is 12.1. The standard InChI is InChI=1S/C15H24N2O4S/c1-4-17-14(15(18)21-5-2)10-13(16-22(17,19)20)12-8-6-11(3)7-9-12/h10-12H,4-9H2,1-3H3. The van der Waals surface area contributed by atoms with E-state index in [2.05, 4.69) is 11.3 Å². The lowest BCUT2D eigenvalue weighted by molar-refractivity contribution is -0.139. The number of nitrogens with zero attached hydrogens (tertiary/aromatic N) is 2. The van der Waals surface area contributed by atoms with Gasteiger partial charge in [0.15, 0.2) is 0 Å². The van der Waals surface area contributed by atoms with Gasteiger partial charge in [-0.15, -0.1) is 4.40 Å². The summed E-state index contributed by atoms with van der Waals surface area (Å²) in [6.07, 6.45) is 5.54. The van der Waals surface area contributed by atoms with Crippen LogP contribution in [0.5, 0.6) is 0 Å². The van der Waals surface area contributed by atoms with Crippen LogP contribution in [0.25, 0.3) is 0 Å². The molecule has 22 heavy (non-hydrogen) atoms. The number of carbonyl (C=O) groups is 1. The Morgan fingerprint density at radius 2 is 1.95 bits per heavy atom. The molecule has 124 valence electrons. The second-order valence-electron chi connectivity index (χ2n) is 5.87. The molecule has 1 saturated carbocycles. The minimum Gasteiger partial charge on any atom is -0.461 e. The van der Waals surface area contributed by atoms with Crippen LogP contribution in [0.1, 0.15) is 46.5 Å². The Morgan fingerprint density at radius 3 is 2.50 bits per heavy atom. The summed E-state index contributed by atoms with van der Waals surface area (Å²) < 4.78 is 34.6. The van der Waals surface area contributed by atoms with Gasteiger partial charge in [0.05, 0.1) is 12.3 Å². The molecule has 1 aliphatic carbocycles. The highest BCUT2D eigenvalue weighted by Crippen LogP contribution is 2.32. The van der Waals surface area contributed by atoms with Crippen molar-refractivity contribution in [3.05, 3.63) is 11.8 Å². The Morgan fingerprint density at radius 1 is 1.32 bits per heavy atom. The Labute approximate surface area is 132 Å². The predicted octanol–water partition coefficient (Wildman–Crippen LogP) is 2.28. The molecular weight excluding hydrogens is 304 g/mol. The number of likely N-dealkylation sites (N-methyl/N-ethyl adjacent to an activating group) is 1. The molecular formula is C15H24N2O4S. The maximum atomic E-state index is 12.3. The molecule has 6 nitrogen and oxygen atoms in total. The van der Waals surface area contributed by atoms with E-state index in [1.54, 1.807) is 19.9 Å². The summed E-state index contributed by atoms with van der Waals surface area (Å²) in [6.45, 7) is 5.94. The van der Waals surface area contributed by atoms with Gasteiger partial charge in [-0.25, -0.2) is 9.10 Å². The summed E-state index contributed by atoms with van der Waals surface area (Å²) in [7, 11) is -3.85. The zero-order valence-corrected chi connectivity index (χ0v) is 14.2. The summed E-state index contributed by atoms with van der Waals surface area (Å²) >= 11 is 0. The van der Waals surface area contributed by atoms with Gasteiger partial charge in [0, 0.05) is 12.5 Å². The van der Waals surface area contributed by atoms with E-state index in [-0.39, 0.29) is 24.8 Å². The third-order valence-corrected chi connectivity index (χ3v) is 5.71. The number of carbonyl (C=O) groups excluding carboxylic acids is 1. The smallest absolute Gasteiger partial charge is 0.355 e. The van der Waals surface area contributed by atoms with Crippen LogP contribution in [0.15, 0.2) is 16.2 Å². The molecule has 1 aliphatic heterocycles. The lowest BCUT2D eigenvalue weighted by Crippen LogP contribution is -2.38. The van der Waals surface area contributed by atoms with E-state index in [0.717, 1.165) is 30.0 Å². The number of ether oxygens (including phenoxy) is 1. The van der Waals surface area contributed by atoms with Crippen LogP contribution >= 0.6 is 0 Å². The fourth-order valence-corrected chi connectivity index (χ4v) is 4.26. The first-order valence-electron chi connectivity index (χ1n) is 7.90. The highest BCUT2D eigenvalue weighted by Gasteiger charge is 2.35. The van der Waals surface area contributed by atoms with E-state index >= 15 is 0 Å². The third-order valence-electron chi connectivity index (χ3n) is 4.26. The van der Waals surface area contributed by atoms with Crippen LogP contribution in [-0.2, 0) is 19.7 Å². The van der Waals surface area contributed by atoms with E-state index in [1.807, 2.05) is 0 Å². The summed E-state index contributed by atoms with van der Waals surface area (Å²) in [6, 6.07) is 0. The molecule has 0 N–H and O–H groups in total. The average molecular weight is 328 g/mol. The fourth-order valence-electron chi connectivity index (χ4n) is 2.99. The zero-order valence-electron chi connectivity index (χ0n) is 13.4. The molecule has 0 unspecified atom stereocenters. The molecule has 0 aromatic rings. The van der Waals surface area contributed by atoms with Crippen molar-refractivity contribution < 1.29 is 17.9 Å². The van der Waals surface area contributed by atoms with Gasteiger partial charge in [-0.05, 0) is 38.7 Å². The van der Waals surface area contributed by atoms with Crippen molar-refractivity contribution in [2.75, 3.05) is 13.2 Å². The fraction of sp³-hybridized carbons (Fsp3) is 0.733. The molecule has 1 heterocycles. The van der Waals surface area contributed by atoms with Crippen LogP contribution in [0.3, 0.4) is 0 Å². The Bertz CT molecular complexity index is 587. The van der Waals surface area contributed by atoms with Crippen molar-refractivity contribution in [1.82, 2.24) is 4.31 Å². The first-order valence-corrected chi connectivity index (χ1v) is 9.30. The average Bonchev–Trinajstić information content (AvgIpc) is 2.46. The molecule has 2 rings (SSSR count). The highest BCUT2D eigenvalue weighted by molar-refractivity contribution is 7.88. The normalized spacial score (nSPS) is 27.9. The van der Waals surface area contributed by atoms with Crippen molar-refractivity contribution in [3.63, 3.8) is 0 Å². The van der Waals surface area contributed by atoms with Gasteiger partial charge in [0.25, 0.3) is 0 Å². The van der Waals surface area contributed by atoms with Gasteiger partial charge in [-0.1, -0.05) is 19.8 Å². The molecule has 7 heteroatoms. The number of esters is 1. The lowest BCUT2D eigenvalue weighted by Gasteiger charge is -2.30. The Kier molecular flexibility index (Phi) is 5.26. The molecule has 0 radical (unpaired) electrons. The molecule has 0 aromatic heterocycles. The van der Waals surface area contributed by atoms with Gasteiger partial charge in [-0.3, -0.25) is 0 Å². The molecule has 0 bridgehead atoms. The first-order chi connectivity index (χ1) is 10.4. The monoisotopic (exact) mass is 328 g/mol. The van der Waals surface area contributed by atoms with Gasteiger partial charge in [0.2, 0.25) is 0 Å². The second-order valence-corrected chi connectivity index (χ2v) is 7.38. The number of hydrogen-bond donors (Lipinski definition) is 0. The predicted molar refractivity (Wildman–Crippen MR) is 84.6 cm³/mol. The van der Waals surface area contributed by atoms with Crippen LogP contribution in [0, 0.1) is 11.8 Å². The number of hydrogen-bond acceptors (Lipinski definition) is 4. The van der Waals surface area contributed by atoms with Crippen molar-refractivity contribution in [3.8, 4) is 0 Å². The summed E-state index contributed by atoms with van der Waals surface area (Å²) in [5.74, 6) is 0.164. The molecule has 1 fully saturated rings. The molecule has 0 aromatic carbocycles. The van der Waals surface area contributed by atoms with Crippen molar-refractivity contribution in [1.29, 1.82) is 0 Å². The third kappa shape index (κ3) is 3.51. The second kappa shape index (κ2) is 6.81. The van der Waals surface area contributed by atoms with Gasteiger partial charge in [-0.2, -0.15) is 8.42 Å². The van der Waals surface area contributed by atoms with Gasteiger partial charge in [0.1, 0.15) is 5.70 Å². The van der Waals surface area contributed by atoms with Crippen LogP contribution in [0.4, 0.5) is 0 Å². The van der Waals surface area contributed by atoms with Crippen LogP contribution in [-0.4, -0.2) is 37.6 Å². The van der Waals surface area contributed by atoms with Crippen molar-refractivity contribution >= 4 is 21.9 Å². The van der Waals surface area contributed by atoms with Crippen molar-refractivity contribution in [2.24, 2.45) is 16.2 Å². The van der Waals surface area contributed by atoms with E-state index in [9.17, 15) is 13.2 Å². The quantitative estimate of drug-likeness (QED) is 0.742. The molecule has 0 amide bonds. The van der Waals surface area contributed by atoms with E-state index < -0.39 is 16.2 Å². The van der Waals surface area contributed by atoms with E-state index in [0.29, 0.717) is 11.6 Å². The number of allylic oxidation sites excluding steroid dienone is 1. The topological polar surface area (TPSA) is 76.0 Å². The highest BCUT2D eigenvalue weighted by atomic mass is 32.2. The maximum absolute atomic E-state index is 12.3.